The van der Waals surface area contributed by atoms with Crippen LogP contribution in [0.4, 0.5) is 5.69 Å². The molecule has 0 aliphatic carbocycles. The Kier molecular flexibility index (Phi) is 7.64. The number of carbonyl (C=O) groups excluding carboxylic acids is 3. The molecule has 3 saturated heterocycles. The average molecular weight is 526 g/mol. The molecule has 2 bridgehead atoms. The van der Waals surface area contributed by atoms with Crippen LogP contribution in [-0.4, -0.2) is 81.5 Å². The Balaban J connectivity index is 1.82. The number of rotatable bonds is 10. The van der Waals surface area contributed by atoms with Gasteiger partial charge in [-0.25, -0.2) is 0 Å². The summed E-state index contributed by atoms with van der Waals surface area (Å²) in [6.07, 6.45) is 5.23. The van der Waals surface area contributed by atoms with E-state index in [1.54, 1.807) is 45.7 Å². The fourth-order valence-electron chi connectivity index (χ4n) is 6.68. The Bertz CT molecular complexity index is 1120. The van der Waals surface area contributed by atoms with Gasteiger partial charge in [0.25, 0.3) is 5.91 Å². The fraction of sp³-hybridized carbons (Fsp3) is 0.552. The van der Waals surface area contributed by atoms with E-state index in [-0.39, 0.29) is 30.9 Å². The lowest BCUT2D eigenvalue weighted by molar-refractivity contribution is -0.144. The van der Waals surface area contributed by atoms with E-state index in [0.29, 0.717) is 25.9 Å². The highest BCUT2D eigenvalue weighted by molar-refractivity contribution is 8.02. The van der Waals surface area contributed by atoms with E-state index in [2.05, 4.69) is 20.1 Å². The van der Waals surface area contributed by atoms with Crippen molar-refractivity contribution in [3.8, 4) is 0 Å². The quantitative estimate of drug-likeness (QED) is 0.474. The number of aryl methyl sites for hydroxylation is 2. The van der Waals surface area contributed by atoms with Gasteiger partial charge in [0.15, 0.2) is 0 Å². The van der Waals surface area contributed by atoms with E-state index >= 15 is 0 Å². The van der Waals surface area contributed by atoms with Gasteiger partial charge in [0.05, 0.1) is 16.6 Å². The van der Waals surface area contributed by atoms with Crippen LogP contribution in [0, 0.1) is 25.7 Å². The summed E-state index contributed by atoms with van der Waals surface area (Å²) < 4.78 is -1.11. The molecule has 4 rings (SSSR count). The summed E-state index contributed by atoms with van der Waals surface area (Å²) in [7, 11) is 1.74. The van der Waals surface area contributed by atoms with Gasteiger partial charge in [-0.15, -0.1) is 24.9 Å². The second-order valence-corrected chi connectivity index (χ2v) is 12.8. The van der Waals surface area contributed by atoms with Crippen molar-refractivity contribution in [3.05, 3.63) is 54.6 Å². The highest BCUT2D eigenvalue weighted by Gasteiger charge is 2.77. The van der Waals surface area contributed by atoms with Crippen molar-refractivity contribution in [1.82, 2.24) is 9.80 Å². The van der Waals surface area contributed by atoms with Gasteiger partial charge in [-0.05, 0) is 57.2 Å². The number of anilines is 1. The molecular weight excluding hydrogens is 486 g/mol. The maximum Gasteiger partial charge on any atom is 0.251 e. The minimum atomic E-state index is -0.717. The van der Waals surface area contributed by atoms with Crippen molar-refractivity contribution in [1.29, 1.82) is 0 Å². The Hall–Kier alpha value is -2.58. The number of likely N-dealkylation sites (N-methyl/N-ethyl adjacent to an activating group) is 1. The number of nitrogens with zero attached hydrogens (tertiary/aromatic N) is 3. The first-order valence-corrected chi connectivity index (χ1v) is 13.8. The van der Waals surface area contributed by atoms with Crippen molar-refractivity contribution in [2.75, 3.05) is 38.2 Å². The van der Waals surface area contributed by atoms with E-state index in [1.165, 1.54) is 0 Å². The van der Waals surface area contributed by atoms with Crippen LogP contribution in [0.25, 0.3) is 0 Å². The topological polar surface area (TPSA) is 81.2 Å². The normalized spacial score (nSPS) is 29.8. The monoisotopic (exact) mass is 525 g/mol. The SMILES string of the molecule is C=CCN(C)C(=O)[C@@H]1[C@H]2C(=O)N(CCCO)C(C(=O)N(CC=C)c3cc(C)ccc3C)C23CC[C@@]1(C)S3. The maximum absolute atomic E-state index is 14.6. The standard InChI is InChI=1S/C29H39N3O4S/c1-7-14-30(6)25(34)22-23-26(35)32(16-9-17-33)24(29(23)13-12-28(22,5)37-29)27(36)31(15-8-2)21-18-19(3)10-11-20(21)4/h7-8,10-11,18,22-24,33H,1-2,9,12-17H2,3-6H3/t22-,23-,24?,28+,29?/m0/s1. The molecule has 1 N–H and O–H groups in total. The van der Waals surface area contributed by atoms with E-state index in [1.807, 2.05) is 32.0 Å². The lowest BCUT2D eigenvalue weighted by Gasteiger charge is -2.38. The molecular formula is C29H39N3O4S. The van der Waals surface area contributed by atoms with Crippen LogP contribution < -0.4 is 4.90 Å². The Morgan fingerprint density at radius 1 is 1.19 bits per heavy atom. The number of thioether (sulfide) groups is 1. The van der Waals surface area contributed by atoms with Gasteiger partial charge in [-0.3, -0.25) is 14.4 Å². The molecule has 1 spiro atoms. The van der Waals surface area contributed by atoms with Gasteiger partial charge in [0.1, 0.15) is 6.04 Å². The molecule has 0 saturated carbocycles. The van der Waals surface area contributed by atoms with Crippen molar-refractivity contribution in [2.45, 2.75) is 55.6 Å². The molecule has 2 unspecified atom stereocenters. The van der Waals surface area contributed by atoms with Crippen molar-refractivity contribution in [3.63, 3.8) is 0 Å². The van der Waals surface area contributed by atoms with Crippen LogP contribution in [0.15, 0.2) is 43.5 Å². The van der Waals surface area contributed by atoms with E-state index in [9.17, 15) is 19.5 Å². The average Bonchev–Trinajstić information content (AvgIpc) is 3.42. The molecule has 3 aliphatic rings. The molecule has 1 aromatic rings. The molecule has 3 amide bonds. The van der Waals surface area contributed by atoms with Gasteiger partial charge in [0, 0.05) is 43.7 Å². The second kappa shape index (κ2) is 10.3. The summed E-state index contributed by atoms with van der Waals surface area (Å²) in [5, 5.41) is 9.60. The number of aliphatic hydroxyl groups is 1. The number of carbonyl (C=O) groups is 3. The molecule has 7 nitrogen and oxygen atoms in total. The van der Waals surface area contributed by atoms with Crippen LogP contribution in [0.3, 0.4) is 0 Å². The molecule has 8 heteroatoms. The molecule has 1 aromatic carbocycles. The number of hydrogen-bond acceptors (Lipinski definition) is 5. The third kappa shape index (κ3) is 4.32. The fourth-order valence-corrected chi connectivity index (χ4v) is 9.02. The Morgan fingerprint density at radius 2 is 1.89 bits per heavy atom. The van der Waals surface area contributed by atoms with Crippen molar-refractivity contribution in [2.24, 2.45) is 11.8 Å². The minimum absolute atomic E-state index is 0.0671. The molecule has 3 aliphatic heterocycles. The third-order valence-electron chi connectivity index (χ3n) is 8.35. The first-order chi connectivity index (χ1) is 17.6. The number of aliphatic hydroxyl groups excluding tert-OH is 1. The smallest absolute Gasteiger partial charge is 0.251 e. The summed E-state index contributed by atoms with van der Waals surface area (Å²) in [5.74, 6) is -1.44. The summed E-state index contributed by atoms with van der Waals surface area (Å²) in [6.45, 7) is 14.6. The molecule has 200 valence electrons. The van der Waals surface area contributed by atoms with Crippen LogP contribution >= 0.6 is 11.8 Å². The molecule has 3 fully saturated rings. The predicted octanol–water partition coefficient (Wildman–Crippen LogP) is 3.33. The molecule has 37 heavy (non-hydrogen) atoms. The van der Waals surface area contributed by atoms with Gasteiger partial charge >= 0.3 is 0 Å². The third-order valence-corrected chi connectivity index (χ3v) is 10.3. The van der Waals surface area contributed by atoms with Gasteiger partial charge in [0.2, 0.25) is 11.8 Å². The number of amides is 3. The van der Waals surface area contributed by atoms with Crippen LogP contribution in [0.2, 0.25) is 0 Å². The minimum Gasteiger partial charge on any atom is -0.396 e. The Labute approximate surface area is 224 Å². The molecule has 3 heterocycles. The summed E-state index contributed by atoms with van der Waals surface area (Å²) in [6, 6.07) is 5.30. The van der Waals surface area contributed by atoms with Crippen LogP contribution in [-0.2, 0) is 14.4 Å². The number of hydrogen-bond donors (Lipinski definition) is 1. The van der Waals surface area contributed by atoms with Crippen LogP contribution in [0.1, 0.15) is 37.3 Å². The number of fused-ring (bicyclic) bond motifs is 1. The Morgan fingerprint density at radius 3 is 2.54 bits per heavy atom. The first kappa shape index (κ1) is 27.5. The highest BCUT2D eigenvalue weighted by Crippen LogP contribution is 2.71. The molecule has 0 aromatic heterocycles. The molecule has 0 radical (unpaired) electrons. The maximum atomic E-state index is 14.6. The van der Waals surface area contributed by atoms with Crippen molar-refractivity contribution >= 4 is 35.2 Å². The van der Waals surface area contributed by atoms with E-state index < -0.39 is 27.4 Å². The second-order valence-electron chi connectivity index (χ2n) is 10.9. The van der Waals surface area contributed by atoms with E-state index in [4.69, 9.17) is 0 Å². The zero-order chi connectivity index (χ0) is 27.1. The van der Waals surface area contributed by atoms with E-state index in [0.717, 1.165) is 23.2 Å². The number of likely N-dealkylation sites (tertiary alicyclic amines) is 1. The van der Waals surface area contributed by atoms with Gasteiger partial charge in [-0.1, -0.05) is 24.3 Å². The van der Waals surface area contributed by atoms with Gasteiger partial charge in [-0.2, -0.15) is 0 Å². The zero-order valence-corrected chi connectivity index (χ0v) is 23.2. The van der Waals surface area contributed by atoms with Crippen LogP contribution in [0.5, 0.6) is 0 Å². The lowest BCUT2D eigenvalue weighted by atomic mass is 9.66. The summed E-state index contributed by atoms with van der Waals surface area (Å²) >= 11 is 1.67. The highest BCUT2D eigenvalue weighted by atomic mass is 32.2. The molecule has 5 atom stereocenters. The zero-order valence-electron chi connectivity index (χ0n) is 22.4. The predicted molar refractivity (Wildman–Crippen MR) is 148 cm³/mol. The van der Waals surface area contributed by atoms with Crippen molar-refractivity contribution < 1.29 is 19.5 Å². The lowest BCUT2D eigenvalue weighted by Crippen LogP contribution is -2.55. The summed E-state index contributed by atoms with van der Waals surface area (Å²) in [5.41, 5.74) is 2.81. The van der Waals surface area contributed by atoms with Gasteiger partial charge < -0.3 is 19.8 Å². The largest absolute Gasteiger partial charge is 0.396 e. The summed E-state index contributed by atoms with van der Waals surface area (Å²) in [4.78, 5) is 47.4. The number of benzene rings is 1. The first-order valence-electron chi connectivity index (χ1n) is 13.0.